The predicted octanol–water partition coefficient (Wildman–Crippen LogP) is 3.17. The molecular weight excluding hydrogens is 268 g/mol. The van der Waals surface area contributed by atoms with Gasteiger partial charge in [0.1, 0.15) is 5.82 Å². The Kier molecular flexibility index (Phi) is 3.24. The van der Waals surface area contributed by atoms with Gasteiger partial charge in [-0.15, -0.1) is 0 Å². The molecule has 1 atom stereocenters. The van der Waals surface area contributed by atoms with Crippen molar-refractivity contribution in [3.05, 3.63) is 29.6 Å². The fourth-order valence-electron chi connectivity index (χ4n) is 3.23. The fourth-order valence-corrected chi connectivity index (χ4v) is 3.23. The van der Waals surface area contributed by atoms with Gasteiger partial charge in [0, 0.05) is 12.6 Å². The number of benzene rings is 1. The first-order valence-electron chi connectivity index (χ1n) is 7.23. The second-order valence-corrected chi connectivity index (χ2v) is 6.29. The number of carboxylic acid groups (broad SMARTS) is 1. The molecular formula is C16H20N2O3. The molecule has 0 aliphatic carbocycles. The minimum atomic E-state index is -0.908. The Bertz CT molecular complexity index is 703. The maximum absolute atomic E-state index is 11.2. The molecule has 1 unspecified atom stereocenters. The van der Waals surface area contributed by atoms with Gasteiger partial charge in [-0.3, -0.25) is 0 Å². The SMILES string of the molecule is Cc1nc2ccc(C(=O)O)cc2n1C1CCOC(C)(C)C1. The number of aromatic nitrogens is 2. The van der Waals surface area contributed by atoms with Crippen LogP contribution in [0.1, 0.15) is 48.9 Å². The lowest BCUT2D eigenvalue weighted by Gasteiger charge is -2.36. The van der Waals surface area contributed by atoms with E-state index >= 15 is 0 Å². The van der Waals surface area contributed by atoms with Crippen molar-refractivity contribution < 1.29 is 14.6 Å². The molecule has 1 N–H and O–H groups in total. The molecule has 0 amide bonds. The van der Waals surface area contributed by atoms with Crippen molar-refractivity contribution in [3.8, 4) is 0 Å². The maximum Gasteiger partial charge on any atom is 0.335 e. The van der Waals surface area contributed by atoms with Gasteiger partial charge in [-0.25, -0.2) is 9.78 Å². The van der Waals surface area contributed by atoms with Crippen molar-refractivity contribution in [2.45, 2.75) is 45.3 Å². The van der Waals surface area contributed by atoms with Crippen molar-refractivity contribution in [1.82, 2.24) is 9.55 Å². The molecule has 0 radical (unpaired) electrons. The van der Waals surface area contributed by atoms with Gasteiger partial charge in [-0.1, -0.05) is 0 Å². The van der Waals surface area contributed by atoms with Crippen LogP contribution in [0.15, 0.2) is 18.2 Å². The van der Waals surface area contributed by atoms with Gasteiger partial charge in [0.2, 0.25) is 0 Å². The zero-order valence-electron chi connectivity index (χ0n) is 12.6. The molecule has 5 nitrogen and oxygen atoms in total. The number of carbonyl (C=O) groups is 1. The Morgan fingerprint density at radius 1 is 1.48 bits per heavy atom. The largest absolute Gasteiger partial charge is 0.478 e. The number of aromatic carboxylic acids is 1. The van der Waals surface area contributed by atoms with E-state index in [0.29, 0.717) is 11.6 Å². The van der Waals surface area contributed by atoms with E-state index in [4.69, 9.17) is 4.74 Å². The van der Waals surface area contributed by atoms with Crippen LogP contribution in [0.2, 0.25) is 0 Å². The highest BCUT2D eigenvalue weighted by molar-refractivity contribution is 5.92. The molecule has 1 saturated heterocycles. The van der Waals surface area contributed by atoms with Gasteiger partial charge in [0.05, 0.1) is 22.2 Å². The van der Waals surface area contributed by atoms with Crippen LogP contribution in [-0.4, -0.2) is 32.8 Å². The van der Waals surface area contributed by atoms with E-state index in [1.165, 1.54) is 0 Å². The van der Waals surface area contributed by atoms with Gasteiger partial charge >= 0.3 is 5.97 Å². The van der Waals surface area contributed by atoms with E-state index in [2.05, 4.69) is 23.4 Å². The van der Waals surface area contributed by atoms with Gasteiger partial charge < -0.3 is 14.4 Å². The Hall–Kier alpha value is -1.88. The molecule has 1 fully saturated rings. The van der Waals surface area contributed by atoms with Crippen molar-refractivity contribution in [3.63, 3.8) is 0 Å². The summed E-state index contributed by atoms with van der Waals surface area (Å²) in [6, 6.07) is 5.41. The Morgan fingerprint density at radius 2 is 2.24 bits per heavy atom. The molecule has 1 aromatic heterocycles. The molecule has 112 valence electrons. The quantitative estimate of drug-likeness (QED) is 0.921. The summed E-state index contributed by atoms with van der Waals surface area (Å²) in [4.78, 5) is 15.8. The monoisotopic (exact) mass is 288 g/mol. The van der Waals surface area contributed by atoms with Gasteiger partial charge in [-0.05, 0) is 51.8 Å². The Balaban J connectivity index is 2.10. The molecule has 1 aliphatic heterocycles. The molecule has 3 rings (SSSR count). The van der Waals surface area contributed by atoms with Crippen molar-refractivity contribution >= 4 is 17.0 Å². The number of hydrogen-bond donors (Lipinski definition) is 1. The summed E-state index contributed by atoms with van der Waals surface area (Å²) in [5, 5.41) is 9.19. The molecule has 2 heterocycles. The van der Waals surface area contributed by atoms with Gasteiger partial charge in [0.25, 0.3) is 0 Å². The topological polar surface area (TPSA) is 64.3 Å². The number of imidazole rings is 1. The summed E-state index contributed by atoms with van der Waals surface area (Å²) in [5.41, 5.74) is 1.89. The van der Waals surface area contributed by atoms with Crippen LogP contribution >= 0.6 is 0 Å². The number of hydrogen-bond acceptors (Lipinski definition) is 3. The van der Waals surface area contributed by atoms with Crippen LogP contribution in [0.3, 0.4) is 0 Å². The minimum Gasteiger partial charge on any atom is -0.478 e. The first kappa shape index (κ1) is 14.1. The van der Waals surface area contributed by atoms with Crippen LogP contribution < -0.4 is 0 Å². The number of ether oxygens (including phenoxy) is 1. The Labute approximate surface area is 123 Å². The summed E-state index contributed by atoms with van der Waals surface area (Å²) < 4.78 is 7.95. The van der Waals surface area contributed by atoms with Crippen molar-refractivity contribution in [2.24, 2.45) is 0 Å². The number of rotatable bonds is 2. The predicted molar refractivity (Wildman–Crippen MR) is 79.7 cm³/mol. The summed E-state index contributed by atoms with van der Waals surface area (Å²) in [6.07, 6.45) is 1.82. The third kappa shape index (κ3) is 2.53. The summed E-state index contributed by atoms with van der Waals surface area (Å²) >= 11 is 0. The van der Waals surface area contributed by atoms with Crippen LogP contribution in [0.4, 0.5) is 0 Å². The van der Waals surface area contributed by atoms with Crippen LogP contribution in [0, 0.1) is 6.92 Å². The zero-order chi connectivity index (χ0) is 15.2. The third-order valence-electron chi connectivity index (χ3n) is 4.15. The van der Waals surface area contributed by atoms with E-state index in [-0.39, 0.29) is 5.60 Å². The van der Waals surface area contributed by atoms with E-state index in [9.17, 15) is 9.90 Å². The highest BCUT2D eigenvalue weighted by atomic mass is 16.5. The molecule has 0 bridgehead atoms. The molecule has 5 heteroatoms. The Morgan fingerprint density at radius 3 is 2.90 bits per heavy atom. The van der Waals surface area contributed by atoms with E-state index in [0.717, 1.165) is 36.3 Å². The molecule has 1 aromatic carbocycles. The smallest absolute Gasteiger partial charge is 0.335 e. The first-order valence-corrected chi connectivity index (χ1v) is 7.23. The zero-order valence-corrected chi connectivity index (χ0v) is 12.6. The average Bonchev–Trinajstić information content (AvgIpc) is 2.72. The molecule has 21 heavy (non-hydrogen) atoms. The summed E-state index contributed by atoms with van der Waals surface area (Å²) in [7, 11) is 0. The van der Waals surface area contributed by atoms with E-state index < -0.39 is 5.97 Å². The third-order valence-corrected chi connectivity index (χ3v) is 4.15. The molecule has 1 aliphatic rings. The normalized spacial score (nSPS) is 21.6. The second kappa shape index (κ2) is 4.84. The molecule has 2 aromatic rings. The van der Waals surface area contributed by atoms with E-state index in [1.54, 1.807) is 18.2 Å². The highest BCUT2D eigenvalue weighted by Gasteiger charge is 2.31. The second-order valence-electron chi connectivity index (χ2n) is 6.29. The van der Waals surface area contributed by atoms with Crippen LogP contribution in [0.25, 0.3) is 11.0 Å². The lowest BCUT2D eigenvalue weighted by Crippen LogP contribution is -2.35. The lowest BCUT2D eigenvalue weighted by molar-refractivity contribution is -0.0687. The average molecular weight is 288 g/mol. The van der Waals surface area contributed by atoms with Crippen LogP contribution in [0.5, 0.6) is 0 Å². The molecule has 0 saturated carbocycles. The van der Waals surface area contributed by atoms with Gasteiger partial charge in [-0.2, -0.15) is 0 Å². The van der Waals surface area contributed by atoms with Crippen LogP contribution in [-0.2, 0) is 4.74 Å². The van der Waals surface area contributed by atoms with Gasteiger partial charge in [0.15, 0.2) is 0 Å². The number of aryl methyl sites for hydroxylation is 1. The number of fused-ring (bicyclic) bond motifs is 1. The van der Waals surface area contributed by atoms with E-state index in [1.807, 2.05) is 6.92 Å². The standard InChI is InChI=1S/C16H20N2O3/c1-10-17-13-5-4-11(15(19)20)8-14(13)18(10)12-6-7-21-16(2,3)9-12/h4-5,8,12H,6-7,9H2,1-3H3,(H,19,20). The first-order chi connectivity index (χ1) is 9.87. The highest BCUT2D eigenvalue weighted by Crippen LogP contribution is 2.35. The minimum absolute atomic E-state index is 0.156. The lowest BCUT2D eigenvalue weighted by atomic mass is 9.93. The fraction of sp³-hybridized carbons (Fsp3) is 0.500. The maximum atomic E-state index is 11.2. The summed E-state index contributed by atoms with van der Waals surface area (Å²) in [6.45, 7) is 6.88. The summed E-state index contributed by atoms with van der Waals surface area (Å²) in [5.74, 6) is 0.0184. The number of nitrogens with zero attached hydrogens (tertiary/aromatic N) is 2. The number of carboxylic acids is 1. The molecule has 0 spiro atoms. The van der Waals surface area contributed by atoms with Crippen molar-refractivity contribution in [1.29, 1.82) is 0 Å². The van der Waals surface area contributed by atoms with Crippen molar-refractivity contribution in [2.75, 3.05) is 6.61 Å².